The normalized spacial score (nSPS) is 21.1. The zero-order chi connectivity index (χ0) is 14.8. The first-order valence-corrected chi connectivity index (χ1v) is 7.94. The third-order valence-corrected chi connectivity index (χ3v) is 4.68. The highest BCUT2D eigenvalue weighted by Crippen LogP contribution is 2.22. The van der Waals surface area contributed by atoms with E-state index in [1.807, 2.05) is 4.90 Å². The molecule has 0 spiro atoms. The van der Waals surface area contributed by atoms with Crippen molar-refractivity contribution in [3.8, 4) is 0 Å². The monoisotopic (exact) mass is 291 g/mol. The van der Waals surface area contributed by atoms with Gasteiger partial charge in [-0.25, -0.2) is 0 Å². The molecule has 2 aliphatic rings. The van der Waals surface area contributed by atoms with Crippen LogP contribution in [-0.4, -0.2) is 58.2 Å². The molecule has 0 radical (unpaired) electrons. The summed E-state index contributed by atoms with van der Waals surface area (Å²) in [7, 11) is 1.79. The van der Waals surface area contributed by atoms with Gasteiger partial charge < -0.3 is 15.5 Å². The van der Waals surface area contributed by atoms with Crippen LogP contribution in [-0.2, 0) is 7.05 Å². The highest BCUT2D eigenvalue weighted by molar-refractivity contribution is 5.97. The van der Waals surface area contributed by atoms with E-state index in [4.69, 9.17) is 5.73 Å². The molecule has 1 amide bonds. The fourth-order valence-corrected chi connectivity index (χ4v) is 3.47. The van der Waals surface area contributed by atoms with Crippen LogP contribution in [0, 0.1) is 5.92 Å². The number of carbonyl (C=O) groups excluding carboxylic acids is 1. The predicted molar refractivity (Wildman–Crippen MR) is 81.9 cm³/mol. The van der Waals surface area contributed by atoms with Crippen molar-refractivity contribution in [2.45, 2.75) is 25.7 Å². The summed E-state index contributed by atoms with van der Waals surface area (Å²) in [6, 6.07) is 0. The molecule has 6 nitrogen and oxygen atoms in total. The quantitative estimate of drug-likeness (QED) is 0.900. The summed E-state index contributed by atoms with van der Waals surface area (Å²) >= 11 is 0. The molecule has 21 heavy (non-hydrogen) atoms. The molecule has 2 saturated heterocycles. The number of nitrogen functional groups attached to an aromatic ring is 1. The Kier molecular flexibility index (Phi) is 4.14. The van der Waals surface area contributed by atoms with Crippen LogP contribution in [0.25, 0.3) is 0 Å². The van der Waals surface area contributed by atoms with Crippen molar-refractivity contribution in [2.75, 3.05) is 38.5 Å². The molecule has 2 N–H and O–H groups in total. The van der Waals surface area contributed by atoms with Gasteiger partial charge in [-0.3, -0.25) is 9.48 Å². The molecule has 0 atom stereocenters. The second-order valence-corrected chi connectivity index (χ2v) is 6.35. The maximum absolute atomic E-state index is 12.4. The summed E-state index contributed by atoms with van der Waals surface area (Å²) in [5, 5.41) is 4.18. The van der Waals surface area contributed by atoms with Gasteiger partial charge in [-0.15, -0.1) is 0 Å². The molecule has 0 aliphatic carbocycles. The van der Waals surface area contributed by atoms with Crippen molar-refractivity contribution < 1.29 is 4.79 Å². The second-order valence-electron chi connectivity index (χ2n) is 6.35. The number of anilines is 1. The van der Waals surface area contributed by atoms with Crippen LogP contribution in [0.2, 0.25) is 0 Å². The van der Waals surface area contributed by atoms with Crippen LogP contribution >= 0.6 is 0 Å². The predicted octanol–water partition coefficient (Wildman–Crippen LogP) is 0.950. The first kappa shape index (κ1) is 14.4. The first-order valence-electron chi connectivity index (χ1n) is 7.94. The Morgan fingerprint density at radius 2 is 1.95 bits per heavy atom. The standard InChI is InChI=1S/C15H25N5O/c1-18-11-13(16)14(17-18)15(21)20-8-4-12(5-9-20)10-19-6-2-3-7-19/h11-12H,2-10,16H2,1H3. The minimum Gasteiger partial charge on any atom is -0.396 e. The first-order chi connectivity index (χ1) is 10.1. The molecular formula is C15H25N5O. The average molecular weight is 291 g/mol. The van der Waals surface area contributed by atoms with Crippen molar-refractivity contribution in [1.29, 1.82) is 0 Å². The smallest absolute Gasteiger partial charge is 0.276 e. The van der Waals surface area contributed by atoms with Crippen molar-refractivity contribution in [3.63, 3.8) is 0 Å². The molecule has 116 valence electrons. The van der Waals surface area contributed by atoms with E-state index in [0.717, 1.165) is 31.8 Å². The number of likely N-dealkylation sites (tertiary alicyclic amines) is 2. The molecule has 0 bridgehead atoms. The lowest BCUT2D eigenvalue weighted by atomic mass is 9.96. The summed E-state index contributed by atoms with van der Waals surface area (Å²) in [4.78, 5) is 16.9. The Labute approximate surface area is 125 Å². The zero-order valence-corrected chi connectivity index (χ0v) is 12.8. The molecule has 2 fully saturated rings. The number of piperidine rings is 1. The van der Waals surface area contributed by atoms with Crippen molar-refractivity contribution in [2.24, 2.45) is 13.0 Å². The second kappa shape index (κ2) is 6.05. The van der Waals surface area contributed by atoms with Gasteiger partial charge in [-0.2, -0.15) is 5.10 Å². The number of carbonyl (C=O) groups is 1. The lowest BCUT2D eigenvalue weighted by molar-refractivity contribution is 0.0667. The van der Waals surface area contributed by atoms with E-state index in [2.05, 4.69) is 10.00 Å². The molecular weight excluding hydrogens is 266 g/mol. The number of hydrogen-bond acceptors (Lipinski definition) is 4. The van der Waals surface area contributed by atoms with E-state index in [1.165, 1.54) is 32.5 Å². The van der Waals surface area contributed by atoms with Gasteiger partial charge in [0.15, 0.2) is 5.69 Å². The van der Waals surface area contributed by atoms with Crippen LogP contribution in [0.1, 0.15) is 36.2 Å². The molecule has 6 heteroatoms. The molecule has 3 rings (SSSR count). The van der Waals surface area contributed by atoms with Crippen LogP contribution in [0.4, 0.5) is 5.69 Å². The summed E-state index contributed by atoms with van der Waals surface area (Å²) in [6.07, 6.45) is 6.56. The average Bonchev–Trinajstić information content (AvgIpc) is 3.08. The Bertz CT molecular complexity index is 498. The van der Waals surface area contributed by atoms with Crippen LogP contribution in [0.5, 0.6) is 0 Å². The maximum atomic E-state index is 12.4. The van der Waals surface area contributed by atoms with Crippen molar-refractivity contribution >= 4 is 11.6 Å². The van der Waals surface area contributed by atoms with Gasteiger partial charge in [-0.1, -0.05) is 0 Å². The number of nitrogens with zero attached hydrogens (tertiary/aromatic N) is 4. The molecule has 0 saturated carbocycles. The van der Waals surface area contributed by atoms with Crippen molar-refractivity contribution in [1.82, 2.24) is 19.6 Å². The maximum Gasteiger partial charge on any atom is 0.276 e. The van der Waals surface area contributed by atoms with Gasteiger partial charge in [0.1, 0.15) is 0 Å². The van der Waals surface area contributed by atoms with Crippen LogP contribution in [0.3, 0.4) is 0 Å². The molecule has 0 unspecified atom stereocenters. The largest absolute Gasteiger partial charge is 0.396 e. The third kappa shape index (κ3) is 3.20. The zero-order valence-electron chi connectivity index (χ0n) is 12.8. The van der Waals surface area contributed by atoms with Crippen LogP contribution in [0.15, 0.2) is 6.20 Å². The summed E-state index contributed by atoms with van der Waals surface area (Å²) in [5.74, 6) is 0.709. The third-order valence-electron chi connectivity index (χ3n) is 4.68. The van der Waals surface area contributed by atoms with Gasteiger partial charge in [0, 0.05) is 32.9 Å². The molecule has 2 aliphatic heterocycles. The van der Waals surface area contributed by atoms with Crippen LogP contribution < -0.4 is 5.73 Å². The minimum atomic E-state index is -0.0206. The van der Waals surface area contributed by atoms with Gasteiger partial charge >= 0.3 is 0 Å². The van der Waals surface area contributed by atoms with Crippen molar-refractivity contribution in [3.05, 3.63) is 11.9 Å². The molecule has 1 aromatic heterocycles. The van der Waals surface area contributed by atoms with E-state index in [-0.39, 0.29) is 5.91 Å². The van der Waals surface area contributed by atoms with Gasteiger partial charge in [0.25, 0.3) is 5.91 Å². The van der Waals surface area contributed by atoms with E-state index < -0.39 is 0 Å². The number of amides is 1. The fraction of sp³-hybridized carbons (Fsp3) is 0.733. The van der Waals surface area contributed by atoms with E-state index in [1.54, 1.807) is 17.9 Å². The van der Waals surface area contributed by atoms with Gasteiger partial charge in [0.2, 0.25) is 0 Å². The summed E-state index contributed by atoms with van der Waals surface area (Å²) in [5.41, 5.74) is 6.72. The number of aryl methyl sites for hydroxylation is 1. The van der Waals surface area contributed by atoms with E-state index in [0.29, 0.717) is 11.4 Å². The Morgan fingerprint density at radius 1 is 1.29 bits per heavy atom. The topological polar surface area (TPSA) is 67.4 Å². The van der Waals surface area contributed by atoms with Gasteiger partial charge in [0.05, 0.1) is 5.69 Å². The summed E-state index contributed by atoms with van der Waals surface area (Å²) < 4.78 is 1.60. The number of rotatable bonds is 3. The summed E-state index contributed by atoms with van der Waals surface area (Å²) in [6.45, 7) is 5.36. The number of hydrogen-bond donors (Lipinski definition) is 1. The molecule has 3 heterocycles. The molecule has 1 aromatic rings. The SMILES string of the molecule is Cn1cc(N)c(C(=O)N2CCC(CN3CCCC3)CC2)n1. The lowest BCUT2D eigenvalue weighted by Gasteiger charge is -2.33. The fourth-order valence-electron chi connectivity index (χ4n) is 3.47. The van der Waals surface area contributed by atoms with E-state index >= 15 is 0 Å². The highest BCUT2D eigenvalue weighted by atomic mass is 16.2. The number of nitrogens with two attached hydrogens (primary N) is 1. The lowest BCUT2D eigenvalue weighted by Crippen LogP contribution is -2.41. The Hall–Kier alpha value is -1.56. The minimum absolute atomic E-state index is 0.0206. The molecule has 0 aromatic carbocycles. The van der Waals surface area contributed by atoms with Gasteiger partial charge in [-0.05, 0) is 44.7 Å². The van der Waals surface area contributed by atoms with E-state index in [9.17, 15) is 4.79 Å². The highest BCUT2D eigenvalue weighted by Gasteiger charge is 2.27. The Morgan fingerprint density at radius 3 is 2.52 bits per heavy atom. The Balaban J connectivity index is 1.53. The number of aromatic nitrogens is 2.